The van der Waals surface area contributed by atoms with Crippen LogP contribution in [0.2, 0.25) is 0 Å². The highest BCUT2D eigenvalue weighted by atomic mass is 32.2. The van der Waals surface area contributed by atoms with Gasteiger partial charge in [0.25, 0.3) is 0 Å². The van der Waals surface area contributed by atoms with E-state index in [1.165, 1.54) is 6.07 Å². The third-order valence-corrected chi connectivity index (χ3v) is 4.26. The highest BCUT2D eigenvalue weighted by molar-refractivity contribution is 7.98. The molecule has 0 spiro atoms. The summed E-state index contributed by atoms with van der Waals surface area (Å²) < 4.78 is 0. The number of aromatic nitrogens is 2. The van der Waals surface area contributed by atoms with Gasteiger partial charge in [-0.1, -0.05) is 12.1 Å². The van der Waals surface area contributed by atoms with Gasteiger partial charge in [0.15, 0.2) is 0 Å². The van der Waals surface area contributed by atoms with E-state index < -0.39 is 5.97 Å². The zero-order valence-electron chi connectivity index (χ0n) is 12.3. The van der Waals surface area contributed by atoms with Crippen molar-refractivity contribution in [2.24, 2.45) is 0 Å². The van der Waals surface area contributed by atoms with Crippen LogP contribution in [0, 0.1) is 0 Å². The minimum Gasteiger partial charge on any atom is -0.478 e. The summed E-state index contributed by atoms with van der Waals surface area (Å²) in [7, 11) is 0. The molecule has 0 saturated carbocycles. The molecule has 1 aromatic heterocycles. The number of benzene rings is 2. The van der Waals surface area contributed by atoms with Crippen molar-refractivity contribution in [3.63, 3.8) is 0 Å². The normalized spacial score (nSPS) is 10.8. The molecule has 3 rings (SSSR count). The number of hydrogen-bond donors (Lipinski definition) is 3. The summed E-state index contributed by atoms with van der Waals surface area (Å²) in [4.78, 5) is 20.8. The maximum Gasteiger partial charge on any atom is 0.336 e. The van der Waals surface area contributed by atoms with E-state index >= 15 is 0 Å². The molecule has 5 N–H and O–H groups in total. The van der Waals surface area contributed by atoms with Crippen molar-refractivity contribution in [1.29, 1.82) is 0 Å². The van der Waals surface area contributed by atoms with Crippen LogP contribution in [0.25, 0.3) is 22.0 Å². The lowest BCUT2D eigenvalue weighted by Crippen LogP contribution is -2.05. The number of anilines is 2. The Hall–Kier alpha value is -2.80. The predicted octanol–water partition coefficient (Wildman–Crippen LogP) is 2.88. The van der Waals surface area contributed by atoms with E-state index in [1.54, 1.807) is 17.8 Å². The van der Waals surface area contributed by atoms with Gasteiger partial charge in [0.05, 0.1) is 16.5 Å². The SMILES string of the molecule is CSc1ccc(-c2c(C(=O)O)ccc3nc(N)nc(N)c23)cc1. The quantitative estimate of drug-likeness (QED) is 0.634. The van der Waals surface area contributed by atoms with Crippen molar-refractivity contribution >= 4 is 40.4 Å². The van der Waals surface area contributed by atoms with E-state index in [2.05, 4.69) is 9.97 Å². The van der Waals surface area contributed by atoms with Crippen LogP contribution < -0.4 is 11.5 Å². The molecule has 0 unspecified atom stereocenters. The largest absolute Gasteiger partial charge is 0.478 e. The van der Waals surface area contributed by atoms with Gasteiger partial charge in [0, 0.05) is 10.5 Å². The van der Waals surface area contributed by atoms with Crippen molar-refractivity contribution in [1.82, 2.24) is 9.97 Å². The van der Waals surface area contributed by atoms with Crippen molar-refractivity contribution < 1.29 is 9.90 Å². The molecule has 23 heavy (non-hydrogen) atoms. The van der Waals surface area contributed by atoms with Gasteiger partial charge < -0.3 is 16.6 Å². The minimum atomic E-state index is -1.04. The number of carbonyl (C=O) groups is 1. The number of thioether (sulfide) groups is 1. The van der Waals surface area contributed by atoms with Crippen molar-refractivity contribution in [3.8, 4) is 11.1 Å². The lowest BCUT2D eigenvalue weighted by molar-refractivity contribution is 0.0698. The molecule has 0 aliphatic carbocycles. The number of rotatable bonds is 3. The van der Waals surface area contributed by atoms with Crippen molar-refractivity contribution in [2.45, 2.75) is 4.90 Å². The molecule has 0 bridgehead atoms. The average molecular weight is 326 g/mol. The second-order valence-electron chi connectivity index (χ2n) is 4.88. The lowest BCUT2D eigenvalue weighted by atomic mass is 9.95. The Labute approximate surface area is 136 Å². The number of nitrogen functional groups attached to an aromatic ring is 2. The van der Waals surface area contributed by atoms with Crippen LogP contribution in [0.3, 0.4) is 0 Å². The molecule has 0 saturated heterocycles. The third kappa shape index (κ3) is 2.66. The predicted molar refractivity (Wildman–Crippen MR) is 92.5 cm³/mol. The van der Waals surface area contributed by atoms with Gasteiger partial charge in [0.1, 0.15) is 5.82 Å². The van der Waals surface area contributed by atoms with Gasteiger partial charge >= 0.3 is 5.97 Å². The first-order valence-corrected chi connectivity index (χ1v) is 7.97. The summed E-state index contributed by atoms with van der Waals surface area (Å²) >= 11 is 1.61. The third-order valence-electron chi connectivity index (χ3n) is 3.52. The summed E-state index contributed by atoms with van der Waals surface area (Å²) in [5.41, 5.74) is 13.5. The molecule has 3 aromatic rings. The van der Waals surface area contributed by atoms with Gasteiger partial charge in [-0.2, -0.15) is 4.98 Å². The fourth-order valence-corrected chi connectivity index (χ4v) is 2.92. The van der Waals surface area contributed by atoms with E-state index in [1.807, 2.05) is 30.5 Å². The van der Waals surface area contributed by atoms with Gasteiger partial charge in [-0.3, -0.25) is 0 Å². The molecule has 0 radical (unpaired) electrons. The molecule has 2 aromatic carbocycles. The van der Waals surface area contributed by atoms with Crippen LogP contribution in [-0.2, 0) is 0 Å². The second-order valence-corrected chi connectivity index (χ2v) is 5.76. The molecule has 116 valence electrons. The molecule has 6 nitrogen and oxygen atoms in total. The number of hydrogen-bond acceptors (Lipinski definition) is 6. The van der Waals surface area contributed by atoms with Crippen LogP contribution in [0.15, 0.2) is 41.3 Å². The van der Waals surface area contributed by atoms with Crippen LogP contribution in [0.4, 0.5) is 11.8 Å². The van der Waals surface area contributed by atoms with Crippen molar-refractivity contribution in [3.05, 3.63) is 42.0 Å². The first-order chi connectivity index (χ1) is 11.0. The van der Waals surface area contributed by atoms with Gasteiger partial charge in [-0.25, -0.2) is 9.78 Å². The molecular formula is C16H14N4O2S. The highest BCUT2D eigenvalue weighted by Crippen LogP contribution is 2.35. The van der Waals surface area contributed by atoms with Crippen molar-refractivity contribution in [2.75, 3.05) is 17.7 Å². The second kappa shape index (κ2) is 5.77. The first kappa shape index (κ1) is 15.1. The lowest BCUT2D eigenvalue weighted by Gasteiger charge is -2.12. The number of nitrogens with two attached hydrogens (primary N) is 2. The summed E-state index contributed by atoms with van der Waals surface area (Å²) in [5.74, 6) is -0.812. The monoisotopic (exact) mass is 326 g/mol. The first-order valence-electron chi connectivity index (χ1n) is 6.74. The zero-order valence-corrected chi connectivity index (χ0v) is 13.1. The van der Waals surface area contributed by atoms with E-state index in [9.17, 15) is 9.90 Å². The summed E-state index contributed by atoms with van der Waals surface area (Å²) in [5, 5.41) is 10.0. The molecule has 0 amide bonds. The zero-order chi connectivity index (χ0) is 16.6. The summed E-state index contributed by atoms with van der Waals surface area (Å²) in [6.07, 6.45) is 1.98. The van der Waals surface area contributed by atoms with Gasteiger partial charge in [-0.05, 0) is 36.1 Å². The molecule has 0 aliphatic heterocycles. The number of aromatic carboxylic acids is 1. The van der Waals surface area contributed by atoms with E-state index in [0.29, 0.717) is 16.5 Å². The van der Waals surface area contributed by atoms with E-state index in [0.717, 1.165) is 10.5 Å². The minimum absolute atomic E-state index is 0.0572. The maximum atomic E-state index is 11.6. The Morgan fingerprint density at radius 1 is 1.09 bits per heavy atom. The molecule has 7 heteroatoms. The Balaban J connectivity index is 2.39. The topological polar surface area (TPSA) is 115 Å². The van der Waals surface area contributed by atoms with Crippen LogP contribution in [0.5, 0.6) is 0 Å². The number of fused-ring (bicyclic) bond motifs is 1. The number of nitrogens with zero attached hydrogens (tertiary/aromatic N) is 2. The van der Waals surface area contributed by atoms with Crippen LogP contribution >= 0.6 is 11.8 Å². The summed E-state index contributed by atoms with van der Waals surface area (Å²) in [6, 6.07) is 10.7. The Morgan fingerprint density at radius 2 is 1.78 bits per heavy atom. The van der Waals surface area contributed by atoms with Gasteiger partial charge in [-0.15, -0.1) is 11.8 Å². The molecule has 0 aliphatic rings. The Morgan fingerprint density at radius 3 is 2.39 bits per heavy atom. The van der Waals surface area contributed by atoms with E-state index in [4.69, 9.17) is 11.5 Å². The number of carboxylic acid groups (broad SMARTS) is 1. The van der Waals surface area contributed by atoms with Crippen LogP contribution in [-0.4, -0.2) is 27.3 Å². The van der Waals surface area contributed by atoms with Crippen LogP contribution in [0.1, 0.15) is 10.4 Å². The Bertz CT molecular complexity index is 910. The Kier molecular flexibility index (Phi) is 3.79. The van der Waals surface area contributed by atoms with E-state index in [-0.39, 0.29) is 17.3 Å². The number of carboxylic acids is 1. The molecule has 1 heterocycles. The van der Waals surface area contributed by atoms with Gasteiger partial charge in [0.2, 0.25) is 5.95 Å². The summed E-state index contributed by atoms with van der Waals surface area (Å²) in [6.45, 7) is 0. The smallest absolute Gasteiger partial charge is 0.336 e. The maximum absolute atomic E-state index is 11.6. The molecular weight excluding hydrogens is 312 g/mol. The standard InChI is InChI=1S/C16H14N4O2S/c1-23-9-4-2-8(3-5-9)12-10(15(21)22)6-7-11-13(12)14(17)20-16(18)19-11/h2-7H,1H3,(H,21,22)(H4,17,18,19,20). The average Bonchev–Trinajstić information content (AvgIpc) is 2.53. The fourth-order valence-electron chi connectivity index (χ4n) is 2.51. The highest BCUT2D eigenvalue weighted by Gasteiger charge is 2.18. The molecule has 0 atom stereocenters. The fraction of sp³-hybridized carbons (Fsp3) is 0.0625. The molecule has 0 fully saturated rings.